The minimum atomic E-state index is 0.140. The van der Waals surface area contributed by atoms with E-state index in [0.29, 0.717) is 5.92 Å². The maximum atomic E-state index is 6.11. The summed E-state index contributed by atoms with van der Waals surface area (Å²) >= 11 is 0. The minimum absolute atomic E-state index is 0.140. The molecule has 1 unspecified atom stereocenters. The topological polar surface area (TPSA) is 34.1 Å². The molecule has 0 saturated carbocycles. The monoisotopic (exact) mass is 232 g/mol. The van der Waals surface area contributed by atoms with Crippen LogP contribution in [0.4, 0.5) is 0 Å². The number of aromatic nitrogens is 1. The lowest BCUT2D eigenvalue weighted by Gasteiger charge is -2.32. The fourth-order valence-electron chi connectivity index (χ4n) is 3.06. The smallest absolute Gasteiger partial charge is 0.0714 e. The molecule has 1 aromatic heterocycles. The highest BCUT2D eigenvalue weighted by Gasteiger charge is 2.41. The molecule has 2 aliphatic heterocycles. The Balaban J connectivity index is 1.75. The van der Waals surface area contributed by atoms with E-state index in [-0.39, 0.29) is 5.60 Å². The third-order valence-corrected chi connectivity index (χ3v) is 4.05. The van der Waals surface area contributed by atoms with Crippen LogP contribution in [-0.2, 0) is 4.74 Å². The molecule has 2 aliphatic rings. The van der Waals surface area contributed by atoms with Crippen molar-refractivity contribution in [2.75, 3.05) is 19.7 Å². The van der Waals surface area contributed by atoms with Gasteiger partial charge < -0.3 is 10.1 Å². The Morgan fingerprint density at radius 2 is 2.18 bits per heavy atom. The zero-order valence-electron chi connectivity index (χ0n) is 10.4. The Labute approximate surface area is 103 Å². The first-order chi connectivity index (χ1) is 8.27. The van der Waals surface area contributed by atoms with Gasteiger partial charge in [0.1, 0.15) is 0 Å². The molecule has 2 saturated heterocycles. The lowest BCUT2D eigenvalue weighted by Crippen LogP contribution is -2.41. The summed E-state index contributed by atoms with van der Waals surface area (Å²) in [4.78, 5) is 4.64. The summed E-state index contributed by atoms with van der Waals surface area (Å²) in [6.45, 7) is 5.08. The molecule has 0 amide bonds. The molecule has 0 radical (unpaired) electrons. The molecular weight excluding hydrogens is 212 g/mol. The van der Waals surface area contributed by atoms with Crippen molar-refractivity contribution >= 4 is 0 Å². The van der Waals surface area contributed by atoms with Gasteiger partial charge >= 0.3 is 0 Å². The highest BCUT2D eigenvalue weighted by molar-refractivity contribution is 5.16. The van der Waals surface area contributed by atoms with Gasteiger partial charge in [-0.2, -0.15) is 0 Å². The lowest BCUT2D eigenvalue weighted by atomic mass is 9.85. The van der Waals surface area contributed by atoms with Crippen molar-refractivity contribution in [3.63, 3.8) is 0 Å². The van der Waals surface area contributed by atoms with Gasteiger partial charge in [-0.05, 0) is 51.4 Å². The van der Waals surface area contributed by atoms with Gasteiger partial charge in [0, 0.05) is 17.3 Å². The zero-order chi connectivity index (χ0) is 11.7. The molecule has 1 atom stereocenters. The maximum absolute atomic E-state index is 6.11. The van der Waals surface area contributed by atoms with Gasteiger partial charge in [0.25, 0.3) is 0 Å². The first-order valence-electron chi connectivity index (χ1n) is 6.56. The number of piperidine rings is 1. The van der Waals surface area contributed by atoms with Crippen molar-refractivity contribution in [3.05, 3.63) is 29.6 Å². The van der Waals surface area contributed by atoms with E-state index in [1.807, 2.05) is 0 Å². The third-order valence-electron chi connectivity index (χ3n) is 4.05. The summed E-state index contributed by atoms with van der Waals surface area (Å²) in [6, 6.07) is 6.30. The number of nitrogens with zero attached hydrogens (tertiary/aromatic N) is 1. The Bertz CT molecular complexity index is 399. The number of hydrogen-bond acceptors (Lipinski definition) is 3. The second kappa shape index (κ2) is 4.39. The standard InChI is InChI=1S/C14H20N2O/c1-11-3-2-4-13(16-11)12-9-14(17-10-12)5-7-15-8-6-14/h2-4,12,15H,5-10H2,1H3. The first-order valence-corrected chi connectivity index (χ1v) is 6.56. The zero-order valence-corrected chi connectivity index (χ0v) is 10.4. The maximum Gasteiger partial charge on any atom is 0.0714 e. The Kier molecular flexibility index (Phi) is 2.89. The van der Waals surface area contributed by atoms with Crippen molar-refractivity contribution in [2.45, 2.75) is 37.7 Å². The first kappa shape index (κ1) is 11.2. The van der Waals surface area contributed by atoms with Crippen LogP contribution in [0.25, 0.3) is 0 Å². The lowest BCUT2D eigenvalue weighted by molar-refractivity contribution is -0.0193. The number of pyridine rings is 1. The van der Waals surface area contributed by atoms with Crippen LogP contribution in [0, 0.1) is 6.92 Å². The van der Waals surface area contributed by atoms with E-state index >= 15 is 0 Å². The molecule has 17 heavy (non-hydrogen) atoms. The van der Waals surface area contributed by atoms with Crippen LogP contribution >= 0.6 is 0 Å². The van der Waals surface area contributed by atoms with Gasteiger partial charge in [0.15, 0.2) is 0 Å². The van der Waals surface area contributed by atoms with Gasteiger partial charge in [0.05, 0.1) is 12.2 Å². The van der Waals surface area contributed by atoms with Gasteiger partial charge in [-0.3, -0.25) is 4.98 Å². The normalized spacial score (nSPS) is 27.5. The van der Waals surface area contributed by atoms with E-state index in [4.69, 9.17) is 4.74 Å². The number of hydrogen-bond donors (Lipinski definition) is 1. The van der Waals surface area contributed by atoms with Crippen LogP contribution < -0.4 is 5.32 Å². The predicted molar refractivity (Wildman–Crippen MR) is 67.1 cm³/mol. The van der Waals surface area contributed by atoms with Gasteiger partial charge in [0.2, 0.25) is 0 Å². The molecule has 0 bridgehead atoms. The number of ether oxygens (including phenoxy) is 1. The quantitative estimate of drug-likeness (QED) is 0.804. The van der Waals surface area contributed by atoms with Gasteiger partial charge in [-0.1, -0.05) is 6.07 Å². The molecule has 0 aromatic carbocycles. The van der Waals surface area contributed by atoms with E-state index in [1.54, 1.807) is 0 Å². The Morgan fingerprint density at radius 3 is 2.94 bits per heavy atom. The number of aryl methyl sites for hydroxylation is 1. The van der Waals surface area contributed by atoms with Crippen LogP contribution in [-0.4, -0.2) is 30.3 Å². The summed E-state index contributed by atoms with van der Waals surface area (Å²) in [5.74, 6) is 0.494. The Morgan fingerprint density at radius 1 is 1.35 bits per heavy atom. The molecule has 1 N–H and O–H groups in total. The molecule has 3 nitrogen and oxygen atoms in total. The minimum Gasteiger partial charge on any atom is -0.374 e. The van der Waals surface area contributed by atoms with E-state index in [9.17, 15) is 0 Å². The number of rotatable bonds is 1. The molecule has 1 spiro atoms. The highest BCUT2D eigenvalue weighted by atomic mass is 16.5. The SMILES string of the molecule is Cc1cccc(C2COC3(CCNCC3)C2)n1. The number of nitrogens with one attached hydrogen (secondary N) is 1. The second-order valence-corrected chi connectivity index (χ2v) is 5.35. The van der Waals surface area contributed by atoms with Crippen molar-refractivity contribution in [1.82, 2.24) is 10.3 Å². The van der Waals surface area contributed by atoms with Crippen LogP contribution in [0.2, 0.25) is 0 Å². The van der Waals surface area contributed by atoms with Crippen LogP contribution in [0.15, 0.2) is 18.2 Å². The third kappa shape index (κ3) is 2.22. The summed E-state index contributed by atoms with van der Waals surface area (Å²) in [5.41, 5.74) is 2.45. The summed E-state index contributed by atoms with van der Waals surface area (Å²) < 4.78 is 6.11. The molecule has 2 fully saturated rings. The fraction of sp³-hybridized carbons (Fsp3) is 0.643. The molecule has 1 aromatic rings. The van der Waals surface area contributed by atoms with Crippen LogP contribution in [0.5, 0.6) is 0 Å². The van der Waals surface area contributed by atoms with E-state index < -0.39 is 0 Å². The highest BCUT2D eigenvalue weighted by Crippen LogP contribution is 2.40. The fourth-order valence-corrected chi connectivity index (χ4v) is 3.06. The van der Waals surface area contributed by atoms with Gasteiger partial charge in [-0.25, -0.2) is 0 Å². The molecular formula is C14H20N2O. The molecule has 3 rings (SSSR count). The van der Waals surface area contributed by atoms with E-state index in [2.05, 4.69) is 35.4 Å². The van der Waals surface area contributed by atoms with Gasteiger partial charge in [-0.15, -0.1) is 0 Å². The second-order valence-electron chi connectivity index (χ2n) is 5.35. The Hall–Kier alpha value is -0.930. The van der Waals surface area contributed by atoms with E-state index in [0.717, 1.165) is 44.7 Å². The molecule has 3 heteroatoms. The molecule has 0 aliphatic carbocycles. The molecule has 3 heterocycles. The summed E-state index contributed by atoms with van der Waals surface area (Å²) in [5, 5.41) is 3.40. The van der Waals surface area contributed by atoms with Crippen LogP contribution in [0.1, 0.15) is 36.6 Å². The van der Waals surface area contributed by atoms with Crippen molar-refractivity contribution in [1.29, 1.82) is 0 Å². The molecule has 92 valence electrons. The summed E-state index contributed by atoms with van der Waals surface area (Å²) in [7, 11) is 0. The van der Waals surface area contributed by atoms with Crippen molar-refractivity contribution < 1.29 is 4.74 Å². The average Bonchev–Trinajstić information content (AvgIpc) is 2.74. The summed E-state index contributed by atoms with van der Waals surface area (Å²) in [6.07, 6.45) is 3.44. The predicted octanol–water partition coefficient (Wildman–Crippen LogP) is 2.02. The van der Waals surface area contributed by atoms with Crippen molar-refractivity contribution in [2.24, 2.45) is 0 Å². The van der Waals surface area contributed by atoms with E-state index in [1.165, 1.54) is 5.69 Å². The van der Waals surface area contributed by atoms with Crippen LogP contribution in [0.3, 0.4) is 0 Å². The largest absolute Gasteiger partial charge is 0.374 e. The van der Waals surface area contributed by atoms with Crippen molar-refractivity contribution in [3.8, 4) is 0 Å². The average molecular weight is 232 g/mol.